The average Bonchev–Trinajstić information content (AvgIpc) is 2.37. The summed E-state index contributed by atoms with van der Waals surface area (Å²) in [6.07, 6.45) is -0.0311. The smallest absolute Gasteiger partial charge is 0.307 e. The molecule has 0 amide bonds. The van der Waals surface area contributed by atoms with Crippen LogP contribution >= 0.6 is 0 Å². The monoisotopic (exact) mass is 256 g/mol. The Morgan fingerprint density at radius 3 is 2.32 bits per heavy atom. The minimum absolute atomic E-state index is 0.0311. The lowest BCUT2D eigenvalue weighted by Crippen LogP contribution is -2.08. The molecular formula is C16H16O3. The van der Waals surface area contributed by atoms with Gasteiger partial charge in [0.25, 0.3) is 0 Å². The number of rotatable bonds is 4. The summed E-state index contributed by atoms with van der Waals surface area (Å²) < 4.78 is 0. The Kier molecular flexibility index (Phi) is 3.65. The number of carboxylic acids is 1. The molecule has 0 unspecified atom stereocenters. The van der Waals surface area contributed by atoms with Crippen molar-refractivity contribution >= 4 is 22.5 Å². The maximum atomic E-state index is 12.2. The molecule has 0 heterocycles. The fourth-order valence-corrected chi connectivity index (χ4v) is 2.22. The van der Waals surface area contributed by atoms with Gasteiger partial charge >= 0.3 is 5.97 Å². The van der Waals surface area contributed by atoms with Crippen LogP contribution in [0.25, 0.3) is 10.8 Å². The van der Waals surface area contributed by atoms with Crippen LogP contribution in [0.1, 0.15) is 29.8 Å². The Bertz CT molecular complexity index is 641. The molecule has 0 bridgehead atoms. The number of hydrogen-bond acceptors (Lipinski definition) is 2. The third-order valence-corrected chi connectivity index (χ3v) is 3.14. The molecule has 0 saturated heterocycles. The summed E-state index contributed by atoms with van der Waals surface area (Å²) >= 11 is 0. The van der Waals surface area contributed by atoms with E-state index in [0.717, 1.165) is 16.3 Å². The van der Waals surface area contributed by atoms with Crippen LogP contribution in [0.2, 0.25) is 0 Å². The SMILES string of the molecule is CC(C)C(=O)c1cccc2c(CC(=O)O)cccc12. The zero-order valence-corrected chi connectivity index (χ0v) is 11.0. The molecule has 98 valence electrons. The van der Waals surface area contributed by atoms with Gasteiger partial charge in [-0.1, -0.05) is 50.2 Å². The number of fused-ring (bicyclic) bond motifs is 1. The number of ketones is 1. The van der Waals surface area contributed by atoms with Gasteiger partial charge in [0.1, 0.15) is 0 Å². The second-order valence-corrected chi connectivity index (χ2v) is 4.91. The molecule has 0 aliphatic carbocycles. The van der Waals surface area contributed by atoms with Crippen LogP contribution in [0, 0.1) is 5.92 Å². The van der Waals surface area contributed by atoms with E-state index in [2.05, 4.69) is 0 Å². The van der Waals surface area contributed by atoms with Gasteiger partial charge in [-0.05, 0) is 16.3 Å². The van der Waals surface area contributed by atoms with Gasteiger partial charge in [-0.25, -0.2) is 0 Å². The summed E-state index contributed by atoms with van der Waals surface area (Å²) in [5.41, 5.74) is 1.41. The first-order valence-electron chi connectivity index (χ1n) is 6.27. The lowest BCUT2D eigenvalue weighted by Gasteiger charge is -2.10. The Morgan fingerprint density at radius 2 is 1.68 bits per heavy atom. The molecular weight excluding hydrogens is 240 g/mol. The van der Waals surface area contributed by atoms with Crippen molar-refractivity contribution in [2.45, 2.75) is 20.3 Å². The molecule has 0 fully saturated rings. The Labute approximate surface area is 111 Å². The summed E-state index contributed by atoms with van der Waals surface area (Å²) in [5, 5.41) is 10.6. The van der Waals surface area contributed by atoms with Gasteiger partial charge < -0.3 is 5.11 Å². The van der Waals surface area contributed by atoms with E-state index in [9.17, 15) is 9.59 Å². The van der Waals surface area contributed by atoms with Crippen LogP contribution < -0.4 is 0 Å². The Hall–Kier alpha value is -2.16. The van der Waals surface area contributed by atoms with E-state index in [4.69, 9.17) is 5.11 Å². The van der Waals surface area contributed by atoms with E-state index in [1.807, 2.05) is 32.0 Å². The highest BCUT2D eigenvalue weighted by Gasteiger charge is 2.15. The molecule has 0 aliphatic rings. The first-order valence-corrected chi connectivity index (χ1v) is 6.27. The van der Waals surface area contributed by atoms with Gasteiger partial charge in [0, 0.05) is 11.5 Å². The molecule has 3 nitrogen and oxygen atoms in total. The zero-order valence-electron chi connectivity index (χ0n) is 11.0. The summed E-state index contributed by atoms with van der Waals surface area (Å²) in [5.74, 6) is -0.861. The van der Waals surface area contributed by atoms with Crippen LogP contribution in [-0.4, -0.2) is 16.9 Å². The van der Waals surface area contributed by atoms with Crippen LogP contribution in [0.3, 0.4) is 0 Å². The molecule has 2 rings (SSSR count). The molecule has 0 saturated carbocycles. The standard InChI is InChI=1S/C16H16O3/c1-10(2)16(19)14-8-4-6-12-11(9-15(17)18)5-3-7-13(12)14/h3-8,10H,9H2,1-2H3,(H,17,18). The Morgan fingerprint density at radius 1 is 1.05 bits per heavy atom. The predicted molar refractivity (Wildman–Crippen MR) is 74.5 cm³/mol. The van der Waals surface area contributed by atoms with Crippen molar-refractivity contribution in [1.82, 2.24) is 0 Å². The van der Waals surface area contributed by atoms with Gasteiger partial charge in [0.05, 0.1) is 6.42 Å². The van der Waals surface area contributed by atoms with Crippen LogP contribution in [0.15, 0.2) is 36.4 Å². The molecule has 1 N–H and O–H groups in total. The molecule has 0 atom stereocenters. The van der Waals surface area contributed by atoms with Crippen molar-refractivity contribution in [2.24, 2.45) is 5.92 Å². The summed E-state index contributed by atoms with van der Waals surface area (Å²) in [6, 6.07) is 10.9. The van der Waals surface area contributed by atoms with Crippen molar-refractivity contribution in [3.8, 4) is 0 Å². The van der Waals surface area contributed by atoms with Gasteiger partial charge in [-0.15, -0.1) is 0 Å². The number of carbonyl (C=O) groups excluding carboxylic acids is 1. The van der Waals surface area contributed by atoms with E-state index in [1.165, 1.54) is 0 Å². The molecule has 19 heavy (non-hydrogen) atoms. The molecule has 0 aliphatic heterocycles. The first-order chi connectivity index (χ1) is 9.00. The minimum Gasteiger partial charge on any atom is -0.481 e. The quantitative estimate of drug-likeness (QED) is 0.854. The van der Waals surface area contributed by atoms with Crippen LogP contribution in [0.4, 0.5) is 0 Å². The fourth-order valence-electron chi connectivity index (χ4n) is 2.22. The molecule has 0 radical (unpaired) electrons. The second-order valence-electron chi connectivity index (χ2n) is 4.91. The number of Topliss-reactive ketones (excluding diaryl/α,β-unsaturated/α-hetero) is 1. The summed E-state index contributed by atoms with van der Waals surface area (Å²) in [4.78, 5) is 23.0. The largest absolute Gasteiger partial charge is 0.481 e. The van der Waals surface area contributed by atoms with Crippen molar-refractivity contribution < 1.29 is 14.7 Å². The van der Waals surface area contributed by atoms with Crippen molar-refractivity contribution in [1.29, 1.82) is 0 Å². The third kappa shape index (κ3) is 2.65. The number of hydrogen-bond donors (Lipinski definition) is 1. The fraction of sp³-hybridized carbons (Fsp3) is 0.250. The molecule has 2 aromatic rings. The average molecular weight is 256 g/mol. The van der Waals surface area contributed by atoms with E-state index in [1.54, 1.807) is 18.2 Å². The second kappa shape index (κ2) is 5.22. The lowest BCUT2D eigenvalue weighted by atomic mass is 9.93. The van der Waals surface area contributed by atoms with E-state index >= 15 is 0 Å². The van der Waals surface area contributed by atoms with Gasteiger partial charge in [0.15, 0.2) is 5.78 Å². The third-order valence-electron chi connectivity index (χ3n) is 3.14. The normalized spacial score (nSPS) is 10.9. The van der Waals surface area contributed by atoms with E-state index < -0.39 is 5.97 Å². The van der Waals surface area contributed by atoms with Crippen molar-refractivity contribution in [3.05, 3.63) is 47.5 Å². The van der Waals surface area contributed by atoms with E-state index in [-0.39, 0.29) is 18.1 Å². The highest BCUT2D eigenvalue weighted by Crippen LogP contribution is 2.24. The number of aliphatic carboxylic acids is 1. The Balaban J connectivity index is 2.64. The zero-order chi connectivity index (χ0) is 14.0. The molecule has 0 spiro atoms. The number of benzene rings is 2. The van der Waals surface area contributed by atoms with Gasteiger partial charge in [0.2, 0.25) is 0 Å². The van der Waals surface area contributed by atoms with Gasteiger partial charge in [-0.3, -0.25) is 9.59 Å². The number of carbonyl (C=O) groups is 2. The molecule has 3 heteroatoms. The summed E-state index contributed by atoms with van der Waals surface area (Å²) in [6.45, 7) is 3.73. The van der Waals surface area contributed by atoms with Crippen LogP contribution in [-0.2, 0) is 11.2 Å². The highest BCUT2D eigenvalue weighted by atomic mass is 16.4. The first kappa shape index (κ1) is 13.3. The molecule has 2 aromatic carbocycles. The van der Waals surface area contributed by atoms with Gasteiger partial charge in [-0.2, -0.15) is 0 Å². The maximum absolute atomic E-state index is 12.2. The minimum atomic E-state index is -0.868. The lowest BCUT2D eigenvalue weighted by molar-refractivity contribution is -0.136. The van der Waals surface area contributed by atoms with Crippen molar-refractivity contribution in [2.75, 3.05) is 0 Å². The highest BCUT2D eigenvalue weighted by molar-refractivity contribution is 6.09. The van der Waals surface area contributed by atoms with Crippen LogP contribution in [0.5, 0.6) is 0 Å². The van der Waals surface area contributed by atoms with E-state index in [0.29, 0.717) is 5.56 Å². The summed E-state index contributed by atoms with van der Waals surface area (Å²) in [7, 11) is 0. The molecule has 0 aromatic heterocycles. The predicted octanol–water partition coefficient (Wildman–Crippen LogP) is 3.31. The topological polar surface area (TPSA) is 54.4 Å². The maximum Gasteiger partial charge on any atom is 0.307 e. The number of carboxylic acid groups (broad SMARTS) is 1. The van der Waals surface area contributed by atoms with Crippen molar-refractivity contribution in [3.63, 3.8) is 0 Å².